The van der Waals surface area contributed by atoms with Crippen molar-refractivity contribution < 1.29 is 0 Å². The van der Waals surface area contributed by atoms with Crippen LogP contribution in [0.1, 0.15) is 37.7 Å². The first-order valence-electron chi connectivity index (χ1n) is 6.90. The number of hydrogen-bond acceptors (Lipinski definition) is 4. The zero-order chi connectivity index (χ0) is 15.6. The standard InChI is InChI=1S/C16H21ClN4/c1-10-5-7-11(8-6-10)9-19-14-12(18)13(17)20-15(21-14)16(2,3)4/h5-8H,9,18H2,1-4H3,(H,19,20,21). The highest BCUT2D eigenvalue weighted by atomic mass is 35.5. The van der Waals surface area contributed by atoms with Crippen LogP contribution in [0.3, 0.4) is 0 Å². The molecular weight excluding hydrogens is 284 g/mol. The number of nitrogens with zero attached hydrogens (tertiary/aromatic N) is 2. The number of aromatic nitrogens is 2. The molecule has 3 N–H and O–H groups in total. The first kappa shape index (κ1) is 15.6. The highest BCUT2D eigenvalue weighted by Crippen LogP contribution is 2.28. The molecule has 1 aromatic heterocycles. The molecule has 0 aliphatic carbocycles. The molecule has 4 nitrogen and oxygen atoms in total. The second-order valence-corrected chi connectivity index (χ2v) is 6.55. The fraction of sp³-hybridized carbons (Fsp3) is 0.375. The average molecular weight is 305 g/mol. The van der Waals surface area contributed by atoms with Crippen molar-refractivity contribution in [3.63, 3.8) is 0 Å². The molecule has 0 saturated carbocycles. The van der Waals surface area contributed by atoms with E-state index in [4.69, 9.17) is 17.3 Å². The maximum absolute atomic E-state index is 6.11. The topological polar surface area (TPSA) is 63.8 Å². The zero-order valence-corrected chi connectivity index (χ0v) is 13.6. The van der Waals surface area contributed by atoms with Crippen LogP contribution in [0.2, 0.25) is 5.15 Å². The van der Waals surface area contributed by atoms with E-state index >= 15 is 0 Å². The molecular formula is C16H21ClN4. The van der Waals surface area contributed by atoms with Gasteiger partial charge in [0.05, 0.1) is 0 Å². The molecule has 5 heteroatoms. The molecule has 112 valence electrons. The van der Waals surface area contributed by atoms with Gasteiger partial charge in [-0.25, -0.2) is 9.97 Å². The predicted octanol–water partition coefficient (Wildman–Crippen LogP) is 3.93. The fourth-order valence-corrected chi connectivity index (χ4v) is 1.97. The molecule has 0 unspecified atom stereocenters. The molecule has 0 aliphatic rings. The van der Waals surface area contributed by atoms with E-state index < -0.39 is 0 Å². The van der Waals surface area contributed by atoms with Gasteiger partial charge in [0.25, 0.3) is 0 Å². The van der Waals surface area contributed by atoms with E-state index in [1.807, 2.05) is 20.8 Å². The summed E-state index contributed by atoms with van der Waals surface area (Å²) in [7, 11) is 0. The van der Waals surface area contributed by atoms with Crippen LogP contribution in [0.5, 0.6) is 0 Å². The highest BCUT2D eigenvalue weighted by molar-refractivity contribution is 6.32. The van der Waals surface area contributed by atoms with Crippen molar-refractivity contribution in [3.8, 4) is 0 Å². The molecule has 0 aliphatic heterocycles. The molecule has 0 spiro atoms. The van der Waals surface area contributed by atoms with Crippen molar-refractivity contribution in [2.75, 3.05) is 11.1 Å². The molecule has 0 radical (unpaired) electrons. The summed E-state index contributed by atoms with van der Waals surface area (Å²) in [6, 6.07) is 8.31. The smallest absolute Gasteiger partial charge is 0.157 e. The molecule has 1 heterocycles. The Morgan fingerprint density at radius 3 is 2.33 bits per heavy atom. The molecule has 0 amide bonds. The first-order valence-corrected chi connectivity index (χ1v) is 7.28. The minimum absolute atomic E-state index is 0.183. The van der Waals surface area contributed by atoms with Crippen molar-refractivity contribution in [3.05, 3.63) is 46.4 Å². The van der Waals surface area contributed by atoms with Gasteiger partial charge in [-0.1, -0.05) is 62.2 Å². The molecule has 1 aromatic carbocycles. The fourth-order valence-electron chi connectivity index (χ4n) is 1.80. The summed E-state index contributed by atoms with van der Waals surface area (Å²) in [5.41, 5.74) is 8.56. The van der Waals surface area contributed by atoms with Gasteiger partial charge in [-0.15, -0.1) is 0 Å². The number of nitrogens with one attached hydrogen (secondary N) is 1. The Labute approximate surface area is 130 Å². The van der Waals surface area contributed by atoms with Crippen LogP contribution in [0.25, 0.3) is 0 Å². The molecule has 0 atom stereocenters. The quantitative estimate of drug-likeness (QED) is 0.843. The number of benzene rings is 1. The van der Waals surface area contributed by atoms with E-state index in [-0.39, 0.29) is 5.41 Å². The number of anilines is 2. The third-order valence-electron chi connectivity index (χ3n) is 3.15. The normalized spacial score (nSPS) is 11.5. The summed E-state index contributed by atoms with van der Waals surface area (Å²) >= 11 is 6.11. The van der Waals surface area contributed by atoms with Crippen LogP contribution in [-0.2, 0) is 12.0 Å². The largest absolute Gasteiger partial charge is 0.393 e. The van der Waals surface area contributed by atoms with E-state index in [1.165, 1.54) is 5.56 Å². The third kappa shape index (κ3) is 3.85. The number of aryl methyl sites for hydroxylation is 1. The zero-order valence-electron chi connectivity index (χ0n) is 12.9. The Morgan fingerprint density at radius 1 is 1.14 bits per heavy atom. The summed E-state index contributed by atoms with van der Waals surface area (Å²) in [6.07, 6.45) is 0. The average Bonchev–Trinajstić information content (AvgIpc) is 2.41. The number of hydrogen-bond donors (Lipinski definition) is 2. The van der Waals surface area contributed by atoms with Gasteiger partial charge in [0, 0.05) is 12.0 Å². The van der Waals surface area contributed by atoms with Crippen LogP contribution in [0, 0.1) is 6.92 Å². The Hall–Kier alpha value is -1.81. The summed E-state index contributed by atoms with van der Waals surface area (Å²) < 4.78 is 0. The van der Waals surface area contributed by atoms with Gasteiger partial charge < -0.3 is 11.1 Å². The van der Waals surface area contributed by atoms with Crippen molar-refractivity contribution >= 4 is 23.1 Å². The lowest BCUT2D eigenvalue weighted by Gasteiger charge is -2.19. The number of nitrogen functional groups attached to an aromatic ring is 1. The minimum Gasteiger partial charge on any atom is -0.393 e. The van der Waals surface area contributed by atoms with E-state index in [9.17, 15) is 0 Å². The lowest BCUT2D eigenvalue weighted by Crippen LogP contribution is -2.18. The van der Waals surface area contributed by atoms with Gasteiger partial charge in [-0.05, 0) is 12.5 Å². The second-order valence-electron chi connectivity index (χ2n) is 6.19. The van der Waals surface area contributed by atoms with E-state index in [1.54, 1.807) is 0 Å². The number of nitrogens with two attached hydrogens (primary N) is 1. The van der Waals surface area contributed by atoms with Gasteiger partial charge >= 0.3 is 0 Å². The number of rotatable bonds is 3. The van der Waals surface area contributed by atoms with Gasteiger partial charge in [-0.3, -0.25) is 0 Å². The predicted molar refractivity (Wildman–Crippen MR) is 88.7 cm³/mol. The third-order valence-corrected chi connectivity index (χ3v) is 3.44. The Morgan fingerprint density at radius 2 is 1.76 bits per heavy atom. The summed E-state index contributed by atoms with van der Waals surface area (Å²) in [6.45, 7) is 8.83. The van der Waals surface area contributed by atoms with Crippen molar-refractivity contribution in [2.45, 2.75) is 39.7 Å². The van der Waals surface area contributed by atoms with Crippen LogP contribution in [-0.4, -0.2) is 9.97 Å². The lowest BCUT2D eigenvalue weighted by atomic mass is 9.96. The van der Waals surface area contributed by atoms with E-state index in [0.29, 0.717) is 29.0 Å². The molecule has 2 aromatic rings. The van der Waals surface area contributed by atoms with Crippen molar-refractivity contribution in [1.82, 2.24) is 9.97 Å². The van der Waals surface area contributed by atoms with Crippen LogP contribution >= 0.6 is 11.6 Å². The summed E-state index contributed by atoms with van der Waals surface area (Å²) in [5, 5.41) is 3.53. The van der Waals surface area contributed by atoms with Gasteiger partial charge in [0.1, 0.15) is 11.5 Å². The monoisotopic (exact) mass is 304 g/mol. The van der Waals surface area contributed by atoms with Crippen LogP contribution in [0.15, 0.2) is 24.3 Å². The van der Waals surface area contributed by atoms with E-state index in [0.717, 1.165) is 5.56 Å². The first-order chi connectivity index (χ1) is 9.77. The molecule has 0 saturated heterocycles. The maximum Gasteiger partial charge on any atom is 0.157 e. The van der Waals surface area contributed by atoms with Gasteiger partial charge in [-0.2, -0.15) is 0 Å². The lowest BCUT2D eigenvalue weighted by molar-refractivity contribution is 0.546. The molecule has 2 rings (SSSR count). The molecule has 0 bridgehead atoms. The maximum atomic E-state index is 6.11. The van der Waals surface area contributed by atoms with Crippen LogP contribution in [0.4, 0.5) is 11.5 Å². The van der Waals surface area contributed by atoms with Crippen molar-refractivity contribution in [2.24, 2.45) is 0 Å². The SMILES string of the molecule is Cc1ccc(CNc2nc(C(C)(C)C)nc(Cl)c2N)cc1. The minimum atomic E-state index is -0.183. The summed E-state index contributed by atoms with van der Waals surface area (Å²) in [4.78, 5) is 8.77. The molecule has 21 heavy (non-hydrogen) atoms. The molecule has 0 fully saturated rings. The van der Waals surface area contributed by atoms with Gasteiger partial charge in [0.2, 0.25) is 0 Å². The summed E-state index contributed by atoms with van der Waals surface area (Å²) in [5.74, 6) is 1.26. The highest BCUT2D eigenvalue weighted by Gasteiger charge is 2.20. The Kier molecular flexibility index (Phi) is 4.37. The Balaban J connectivity index is 2.23. The Bertz CT molecular complexity index is 630. The van der Waals surface area contributed by atoms with Crippen molar-refractivity contribution in [1.29, 1.82) is 0 Å². The van der Waals surface area contributed by atoms with Gasteiger partial charge in [0.15, 0.2) is 11.0 Å². The second kappa shape index (κ2) is 5.90. The number of halogens is 1. The van der Waals surface area contributed by atoms with E-state index in [2.05, 4.69) is 46.5 Å². The van der Waals surface area contributed by atoms with Crippen LogP contribution < -0.4 is 11.1 Å².